The lowest BCUT2D eigenvalue weighted by atomic mass is 9.78. The van der Waals surface area contributed by atoms with Crippen molar-refractivity contribution in [2.45, 2.75) is 65.0 Å². The highest BCUT2D eigenvalue weighted by Gasteiger charge is 2.32. The summed E-state index contributed by atoms with van der Waals surface area (Å²) in [5.74, 6) is 1.40. The lowest BCUT2D eigenvalue weighted by molar-refractivity contribution is 0.0547. The van der Waals surface area contributed by atoms with Gasteiger partial charge in [-0.1, -0.05) is 25.0 Å². The number of aryl methyl sites for hydroxylation is 2. The zero-order valence-corrected chi connectivity index (χ0v) is 12.9. The van der Waals surface area contributed by atoms with Crippen molar-refractivity contribution in [3.05, 3.63) is 28.8 Å². The van der Waals surface area contributed by atoms with Gasteiger partial charge in [-0.25, -0.2) is 0 Å². The molecule has 1 N–H and O–H groups in total. The van der Waals surface area contributed by atoms with Crippen LogP contribution >= 0.6 is 0 Å². The maximum absolute atomic E-state index is 9.91. The molecule has 3 rings (SSSR count). The van der Waals surface area contributed by atoms with E-state index >= 15 is 0 Å². The molecule has 0 radical (unpaired) electrons. The molecule has 2 aliphatic rings. The molecule has 20 heavy (non-hydrogen) atoms. The first-order valence-corrected chi connectivity index (χ1v) is 8.18. The molecule has 1 aromatic carbocycles. The minimum atomic E-state index is 0.461. The van der Waals surface area contributed by atoms with E-state index in [-0.39, 0.29) is 0 Å². The standard InChI is InChI=1S/C18H27NO/c1-13-10-15(11-14(2)18(13)20)12-19-9-5-7-16-6-3-4-8-17(16)19/h10-11,16-17,20H,3-9,12H2,1-2H3. The van der Waals surface area contributed by atoms with Gasteiger partial charge < -0.3 is 5.11 Å². The SMILES string of the molecule is Cc1cc(CN2CCCC3CCCCC32)cc(C)c1O. The van der Waals surface area contributed by atoms with Gasteiger partial charge in [0.05, 0.1) is 0 Å². The van der Waals surface area contributed by atoms with E-state index in [4.69, 9.17) is 0 Å². The molecule has 0 bridgehead atoms. The van der Waals surface area contributed by atoms with Crippen LogP contribution in [0.15, 0.2) is 12.1 Å². The number of likely N-dealkylation sites (tertiary alicyclic amines) is 1. The molecule has 0 spiro atoms. The fourth-order valence-electron chi connectivity index (χ4n) is 4.30. The van der Waals surface area contributed by atoms with Gasteiger partial charge in [-0.05, 0) is 68.7 Å². The molecule has 1 aliphatic carbocycles. The van der Waals surface area contributed by atoms with E-state index in [2.05, 4.69) is 17.0 Å². The number of hydrogen-bond donors (Lipinski definition) is 1. The first kappa shape index (κ1) is 13.9. The van der Waals surface area contributed by atoms with Crippen molar-refractivity contribution in [2.24, 2.45) is 5.92 Å². The minimum Gasteiger partial charge on any atom is -0.507 e. The van der Waals surface area contributed by atoms with Gasteiger partial charge >= 0.3 is 0 Å². The van der Waals surface area contributed by atoms with Crippen LogP contribution in [0, 0.1) is 19.8 Å². The van der Waals surface area contributed by atoms with E-state index in [1.54, 1.807) is 0 Å². The van der Waals surface area contributed by atoms with Gasteiger partial charge in [0.15, 0.2) is 0 Å². The molecule has 1 aromatic rings. The molecule has 0 aromatic heterocycles. The Balaban J connectivity index is 1.76. The normalized spacial score (nSPS) is 27.3. The Morgan fingerprint density at radius 1 is 1.05 bits per heavy atom. The van der Waals surface area contributed by atoms with Gasteiger partial charge in [-0.2, -0.15) is 0 Å². The fraction of sp³-hybridized carbons (Fsp3) is 0.667. The molecule has 2 atom stereocenters. The third kappa shape index (κ3) is 2.71. The van der Waals surface area contributed by atoms with Gasteiger partial charge in [0.1, 0.15) is 5.75 Å². The van der Waals surface area contributed by atoms with Gasteiger partial charge in [-0.15, -0.1) is 0 Å². The summed E-state index contributed by atoms with van der Waals surface area (Å²) in [5, 5.41) is 9.91. The van der Waals surface area contributed by atoms with Crippen LogP contribution in [0.5, 0.6) is 5.75 Å². The predicted molar refractivity (Wildman–Crippen MR) is 83.0 cm³/mol. The Bertz CT molecular complexity index is 457. The lowest BCUT2D eigenvalue weighted by Crippen LogP contribution is -2.46. The van der Waals surface area contributed by atoms with Gasteiger partial charge in [0, 0.05) is 12.6 Å². The molecule has 2 fully saturated rings. The summed E-state index contributed by atoms with van der Waals surface area (Å²) in [6.45, 7) is 6.32. The smallest absolute Gasteiger partial charge is 0.121 e. The van der Waals surface area contributed by atoms with Crippen LogP contribution in [0.4, 0.5) is 0 Å². The van der Waals surface area contributed by atoms with E-state index in [0.717, 1.165) is 29.6 Å². The molecule has 0 amide bonds. The summed E-state index contributed by atoms with van der Waals surface area (Å²) >= 11 is 0. The quantitative estimate of drug-likeness (QED) is 0.874. The number of piperidine rings is 1. The van der Waals surface area contributed by atoms with Crippen LogP contribution in [0.2, 0.25) is 0 Å². The highest BCUT2D eigenvalue weighted by Crippen LogP contribution is 2.36. The molecule has 1 saturated carbocycles. The zero-order chi connectivity index (χ0) is 14.1. The first-order valence-electron chi connectivity index (χ1n) is 8.18. The van der Waals surface area contributed by atoms with Crippen LogP contribution < -0.4 is 0 Å². The van der Waals surface area contributed by atoms with Crippen molar-refractivity contribution in [1.29, 1.82) is 0 Å². The highest BCUT2D eigenvalue weighted by atomic mass is 16.3. The third-order valence-corrected chi connectivity index (χ3v) is 5.29. The second-order valence-corrected chi connectivity index (χ2v) is 6.80. The minimum absolute atomic E-state index is 0.461. The van der Waals surface area contributed by atoms with Crippen molar-refractivity contribution < 1.29 is 5.11 Å². The highest BCUT2D eigenvalue weighted by molar-refractivity contribution is 5.42. The largest absolute Gasteiger partial charge is 0.507 e. The second-order valence-electron chi connectivity index (χ2n) is 6.80. The zero-order valence-electron chi connectivity index (χ0n) is 12.9. The molecule has 1 saturated heterocycles. The van der Waals surface area contributed by atoms with Crippen LogP contribution in [0.3, 0.4) is 0 Å². The average molecular weight is 273 g/mol. The molecule has 2 heteroatoms. The van der Waals surface area contributed by atoms with E-state index < -0.39 is 0 Å². The van der Waals surface area contributed by atoms with Gasteiger partial charge in [0.25, 0.3) is 0 Å². The monoisotopic (exact) mass is 273 g/mol. The van der Waals surface area contributed by atoms with Crippen molar-refractivity contribution >= 4 is 0 Å². The van der Waals surface area contributed by atoms with E-state index in [1.807, 2.05) is 13.8 Å². The average Bonchev–Trinajstić information content (AvgIpc) is 2.45. The fourth-order valence-corrected chi connectivity index (χ4v) is 4.30. The van der Waals surface area contributed by atoms with Gasteiger partial charge in [-0.3, -0.25) is 4.90 Å². The maximum atomic E-state index is 9.91. The van der Waals surface area contributed by atoms with Crippen LogP contribution in [0.1, 0.15) is 55.2 Å². The van der Waals surface area contributed by atoms with E-state index in [1.165, 1.54) is 50.6 Å². The number of phenolic OH excluding ortho intramolecular Hbond substituents is 1. The number of phenols is 1. The summed E-state index contributed by atoms with van der Waals surface area (Å²) in [5.41, 5.74) is 3.39. The maximum Gasteiger partial charge on any atom is 0.121 e. The number of hydrogen-bond acceptors (Lipinski definition) is 2. The van der Waals surface area contributed by atoms with E-state index in [9.17, 15) is 5.11 Å². The van der Waals surface area contributed by atoms with Crippen LogP contribution in [-0.4, -0.2) is 22.6 Å². The van der Waals surface area contributed by atoms with Crippen molar-refractivity contribution in [1.82, 2.24) is 4.90 Å². The molecular weight excluding hydrogens is 246 g/mol. The summed E-state index contributed by atoms with van der Waals surface area (Å²) in [6.07, 6.45) is 8.47. The molecule has 2 nitrogen and oxygen atoms in total. The van der Waals surface area contributed by atoms with Crippen molar-refractivity contribution in [3.8, 4) is 5.75 Å². The molecule has 1 heterocycles. The summed E-state index contributed by atoms with van der Waals surface area (Å²) in [6, 6.07) is 5.13. The third-order valence-electron chi connectivity index (χ3n) is 5.29. The number of fused-ring (bicyclic) bond motifs is 1. The van der Waals surface area contributed by atoms with E-state index in [0.29, 0.717) is 5.75 Å². The topological polar surface area (TPSA) is 23.5 Å². The van der Waals surface area contributed by atoms with Crippen LogP contribution in [0.25, 0.3) is 0 Å². The molecule has 110 valence electrons. The second kappa shape index (κ2) is 5.77. The Labute approximate surface area is 122 Å². The summed E-state index contributed by atoms with van der Waals surface area (Å²) < 4.78 is 0. The Morgan fingerprint density at radius 2 is 1.70 bits per heavy atom. The van der Waals surface area contributed by atoms with Crippen LogP contribution in [-0.2, 0) is 6.54 Å². The van der Waals surface area contributed by atoms with Crippen molar-refractivity contribution in [3.63, 3.8) is 0 Å². The van der Waals surface area contributed by atoms with Crippen molar-refractivity contribution in [2.75, 3.05) is 6.54 Å². The van der Waals surface area contributed by atoms with Gasteiger partial charge in [0.2, 0.25) is 0 Å². The number of nitrogens with zero attached hydrogens (tertiary/aromatic N) is 1. The Hall–Kier alpha value is -1.02. The summed E-state index contributed by atoms with van der Waals surface area (Å²) in [7, 11) is 0. The Kier molecular flexibility index (Phi) is 4.02. The first-order chi connectivity index (χ1) is 9.65. The lowest BCUT2D eigenvalue weighted by Gasteiger charge is -2.44. The number of aromatic hydroxyl groups is 1. The number of rotatable bonds is 2. The number of benzene rings is 1. The molecule has 2 unspecified atom stereocenters. The Morgan fingerprint density at radius 3 is 2.45 bits per heavy atom. The predicted octanol–water partition coefficient (Wildman–Crippen LogP) is 4.16. The summed E-state index contributed by atoms with van der Waals surface area (Å²) in [4.78, 5) is 2.71. The molecular formula is C18H27NO. The molecule has 1 aliphatic heterocycles.